The predicted molar refractivity (Wildman–Crippen MR) is 338 cm³/mol. The smallest absolute Gasteiger partial charge is 0.261 e. The molecule has 3 saturated heterocycles. The Hall–Kier alpha value is -4.36. The van der Waals surface area contributed by atoms with Crippen molar-refractivity contribution in [3.63, 3.8) is 0 Å². The van der Waals surface area contributed by atoms with E-state index in [2.05, 4.69) is 153 Å². The lowest BCUT2D eigenvalue weighted by molar-refractivity contribution is -0.285. The van der Waals surface area contributed by atoms with Gasteiger partial charge in [0.05, 0.1) is 69.2 Å². The van der Waals surface area contributed by atoms with Gasteiger partial charge in [-0.1, -0.05) is 195 Å². The molecule has 0 spiro atoms. The molecule has 0 radical (unpaired) electrons. The van der Waals surface area contributed by atoms with Crippen LogP contribution in [0.4, 0.5) is 0 Å². The van der Waals surface area contributed by atoms with Crippen LogP contribution in [0, 0.1) is 5.41 Å². The number of Topliss-reactive ketones (excluding diaryl/α,β-unsaturated/α-hetero) is 1. The lowest BCUT2D eigenvalue weighted by Crippen LogP contribution is -2.66. The fourth-order valence-corrected chi connectivity index (χ4v) is 18.1. The number of hydrogen-bond donors (Lipinski definition) is 0. The maximum atomic E-state index is 14.2. The van der Waals surface area contributed by atoms with Gasteiger partial charge in [0.2, 0.25) is 5.79 Å². The molecule has 3 aliphatic heterocycles. The first kappa shape index (κ1) is 66.2. The summed E-state index contributed by atoms with van der Waals surface area (Å²) >= 11 is 0. The first-order chi connectivity index (χ1) is 39.4. The fraction of sp³-hybridized carbons (Fsp3) is 0.557. The van der Waals surface area contributed by atoms with Gasteiger partial charge in [-0.05, 0) is 102 Å². The Labute approximate surface area is 501 Å². The molecule has 3 fully saturated rings. The van der Waals surface area contributed by atoms with Gasteiger partial charge < -0.3 is 46.7 Å². The highest BCUT2D eigenvalue weighted by Gasteiger charge is 2.56. The molecule has 83 heavy (non-hydrogen) atoms. The predicted octanol–water partition coefficient (Wildman–Crippen LogP) is 14.6. The summed E-state index contributed by atoms with van der Waals surface area (Å²) in [5.41, 5.74) is 3.58. The second kappa shape index (κ2) is 29.4. The Morgan fingerprint density at radius 3 is 1.86 bits per heavy atom. The fourth-order valence-electron chi connectivity index (χ4n) is 12.1. The molecular formula is C70H100O11Si2. The molecule has 0 bridgehead atoms. The van der Waals surface area contributed by atoms with Gasteiger partial charge in [0.1, 0.15) is 12.5 Å². The number of ether oxygens (including phenoxy) is 8. The van der Waals surface area contributed by atoms with Crippen molar-refractivity contribution in [2.75, 3.05) is 27.6 Å². The molecule has 0 aliphatic carbocycles. The van der Waals surface area contributed by atoms with E-state index in [0.29, 0.717) is 64.8 Å². The average Bonchev–Trinajstić information content (AvgIpc) is 3.34. The lowest BCUT2D eigenvalue weighted by Gasteiger charge is -2.48. The number of carbonyl (C=O) groups is 1. The second-order valence-corrected chi connectivity index (χ2v) is 35.7. The summed E-state index contributed by atoms with van der Waals surface area (Å²) in [6.45, 7) is 34.9. The molecule has 11 nitrogen and oxygen atoms in total. The van der Waals surface area contributed by atoms with E-state index in [1.807, 2.05) is 63.2 Å². The third-order valence-electron chi connectivity index (χ3n) is 17.7. The molecule has 1 unspecified atom stereocenters. The number of methoxy groups -OCH3 is 2. The van der Waals surface area contributed by atoms with Crippen LogP contribution in [0.3, 0.4) is 0 Å². The van der Waals surface area contributed by atoms with E-state index in [9.17, 15) is 4.79 Å². The van der Waals surface area contributed by atoms with Crippen molar-refractivity contribution in [2.45, 2.75) is 218 Å². The summed E-state index contributed by atoms with van der Waals surface area (Å²) < 4.78 is 66.3. The van der Waals surface area contributed by atoms with E-state index in [0.717, 1.165) is 41.7 Å². The minimum absolute atomic E-state index is 0.0312. The molecule has 4 aromatic rings. The van der Waals surface area contributed by atoms with Crippen molar-refractivity contribution in [1.82, 2.24) is 0 Å². The highest BCUT2D eigenvalue weighted by atomic mass is 28.4. The Balaban J connectivity index is 1.01. The third-order valence-corrected chi connectivity index (χ3v) is 27.3. The van der Waals surface area contributed by atoms with Gasteiger partial charge >= 0.3 is 0 Å². The Morgan fingerprint density at radius 2 is 1.27 bits per heavy atom. The van der Waals surface area contributed by atoms with Gasteiger partial charge in [-0.25, -0.2) is 0 Å². The van der Waals surface area contributed by atoms with E-state index < -0.39 is 27.8 Å². The minimum atomic E-state index is -2.77. The Kier molecular flexibility index (Phi) is 23.4. The lowest BCUT2D eigenvalue weighted by atomic mass is 9.76. The monoisotopic (exact) mass is 1170 g/mol. The number of rotatable bonds is 28. The van der Waals surface area contributed by atoms with Crippen LogP contribution in [0.25, 0.3) is 0 Å². The van der Waals surface area contributed by atoms with E-state index in [1.54, 1.807) is 14.2 Å². The van der Waals surface area contributed by atoms with Crippen LogP contribution >= 0.6 is 0 Å². The van der Waals surface area contributed by atoms with Gasteiger partial charge in [-0.3, -0.25) is 4.79 Å². The van der Waals surface area contributed by atoms with Crippen LogP contribution in [0.1, 0.15) is 138 Å². The molecule has 0 amide bonds. The normalized spacial score (nSPS) is 23.5. The highest BCUT2D eigenvalue weighted by Crippen LogP contribution is 2.46. The summed E-state index contributed by atoms with van der Waals surface area (Å²) in [7, 11) is -1.77. The SMILES string of the molecule is C=C1C[C@H](C[C@@H]2CC(=C)C[C@H](/C=C/C(C)(C)[C@]3(OC)OC(C[C@@H](O[Si](C)(C)C(C)(C)C)[C@@H](C)OCOCc4ccccc4)CCC3=O)O2)O[C@H](C[C@H](CCO[Si](c2ccccc2)(c2ccccc2)C(C)(C)C)OCc2ccc(OC)cc2)C1. The van der Waals surface area contributed by atoms with E-state index in [4.69, 9.17) is 46.7 Å². The second-order valence-electron chi connectivity index (χ2n) is 26.6. The Morgan fingerprint density at radius 1 is 0.687 bits per heavy atom. The van der Waals surface area contributed by atoms with Gasteiger partial charge in [0.25, 0.3) is 8.32 Å². The first-order valence-corrected chi connectivity index (χ1v) is 35.2. The summed E-state index contributed by atoms with van der Waals surface area (Å²) in [4.78, 5) is 14.2. The maximum Gasteiger partial charge on any atom is 0.261 e. The molecule has 0 aromatic heterocycles. The van der Waals surface area contributed by atoms with Crippen molar-refractivity contribution < 1.29 is 51.5 Å². The van der Waals surface area contributed by atoms with Crippen LogP contribution in [0.2, 0.25) is 23.2 Å². The van der Waals surface area contributed by atoms with Crippen molar-refractivity contribution in [1.29, 1.82) is 0 Å². The summed E-state index contributed by atoms with van der Waals surface area (Å²) in [6.07, 6.45) is 8.91. The van der Waals surface area contributed by atoms with E-state index in [-0.39, 0.29) is 71.5 Å². The quantitative estimate of drug-likeness (QED) is 0.0235. The molecule has 13 heteroatoms. The van der Waals surface area contributed by atoms with Crippen molar-refractivity contribution >= 4 is 32.8 Å². The maximum absolute atomic E-state index is 14.2. The van der Waals surface area contributed by atoms with Gasteiger partial charge in [-0.15, -0.1) is 0 Å². The summed E-state index contributed by atoms with van der Waals surface area (Å²) in [6, 6.07) is 39.8. The molecule has 0 N–H and O–H groups in total. The topological polar surface area (TPSA) is 109 Å². The zero-order valence-electron chi connectivity index (χ0n) is 52.5. The van der Waals surface area contributed by atoms with Crippen molar-refractivity contribution in [2.24, 2.45) is 5.41 Å². The summed E-state index contributed by atoms with van der Waals surface area (Å²) in [5.74, 6) is -0.800. The molecule has 454 valence electrons. The van der Waals surface area contributed by atoms with Crippen LogP contribution in [-0.4, -0.2) is 105 Å². The molecule has 3 aliphatic rings. The molecule has 3 heterocycles. The van der Waals surface area contributed by atoms with Crippen LogP contribution in [0.5, 0.6) is 5.75 Å². The minimum Gasteiger partial charge on any atom is -0.497 e. The number of carbonyl (C=O) groups excluding carboxylic acids is 1. The Bertz CT molecular complexity index is 2640. The molecule has 9 atom stereocenters. The van der Waals surface area contributed by atoms with Gasteiger partial charge in [-0.2, -0.15) is 0 Å². The number of benzene rings is 4. The van der Waals surface area contributed by atoms with Crippen molar-refractivity contribution in [3.8, 4) is 5.75 Å². The molecule has 4 aromatic carbocycles. The van der Waals surface area contributed by atoms with Gasteiger partial charge in [0.15, 0.2) is 14.1 Å². The first-order valence-electron chi connectivity index (χ1n) is 30.4. The zero-order chi connectivity index (χ0) is 60.1. The number of hydrogen-bond acceptors (Lipinski definition) is 11. The van der Waals surface area contributed by atoms with Crippen LogP contribution in [-0.2, 0) is 60.0 Å². The zero-order valence-corrected chi connectivity index (χ0v) is 54.5. The van der Waals surface area contributed by atoms with Crippen LogP contribution < -0.4 is 15.1 Å². The summed E-state index contributed by atoms with van der Waals surface area (Å²) in [5, 5.41) is 2.33. The molecule has 0 saturated carbocycles. The highest BCUT2D eigenvalue weighted by molar-refractivity contribution is 6.99. The van der Waals surface area contributed by atoms with Gasteiger partial charge in [0, 0.05) is 44.8 Å². The largest absolute Gasteiger partial charge is 0.497 e. The number of ketones is 1. The standard InChI is InChI=1S/C70H100O11Si2/c1-51-41-58(37-39-69(10,11)70(73-13)66(71)36-35-59(80-70)47-65(81-82(14,15)67(4,5)6)53(3)76-50-74-48-54-25-19-16-20-26-54)78-61(42-51)46-62-44-52(2)43-60(79-62)45-57(75-49-55-31-33-56(72-12)34-32-55)38-40-77-83(68(7,8)9,63-27-21-17-22-28-63)64-29-23-18-24-30-64/h16-34,37,39,53,57-62,65H,1-2,35-36,38,40-50H2,3-15H3/b39-37+/t53-,57+,58+,59?,60+,61+,62-,65-,70-/m1/s1. The van der Waals surface area contributed by atoms with E-state index in [1.165, 1.54) is 15.9 Å². The molecule has 7 rings (SSSR count). The van der Waals surface area contributed by atoms with Crippen LogP contribution in [0.15, 0.2) is 152 Å². The van der Waals surface area contributed by atoms with E-state index >= 15 is 0 Å². The van der Waals surface area contributed by atoms with Crippen molar-refractivity contribution in [3.05, 3.63) is 163 Å². The molecular weight excluding hydrogens is 1070 g/mol. The average molecular weight is 1170 g/mol. The third kappa shape index (κ3) is 17.4.